The van der Waals surface area contributed by atoms with Crippen LogP contribution in [0.1, 0.15) is 11.3 Å². The predicted molar refractivity (Wildman–Crippen MR) is 61.8 cm³/mol. The third-order valence-corrected chi connectivity index (χ3v) is 2.10. The molecule has 0 spiro atoms. The van der Waals surface area contributed by atoms with Gasteiger partial charge in [-0.15, -0.1) is 12.4 Å². The summed E-state index contributed by atoms with van der Waals surface area (Å²) in [5, 5.41) is 3.83. The summed E-state index contributed by atoms with van der Waals surface area (Å²) >= 11 is 0. The van der Waals surface area contributed by atoms with E-state index >= 15 is 0 Å². The molecule has 15 heavy (non-hydrogen) atoms. The van der Waals surface area contributed by atoms with Crippen molar-refractivity contribution in [3.8, 4) is 11.3 Å². The Morgan fingerprint density at radius 2 is 1.93 bits per heavy atom. The van der Waals surface area contributed by atoms with Crippen LogP contribution in [0.3, 0.4) is 0 Å². The maximum Gasteiger partial charge on any atom is 0.167 e. The van der Waals surface area contributed by atoms with Crippen molar-refractivity contribution in [2.75, 3.05) is 0 Å². The van der Waals surface area contributed by atoms with Gasteiger partial charge in [-0.3, -0.25) is 0 Å². The monoisotopic (exact) mass is 224 g/mol. The summed E-state index contributed by atoms with van der Waals surface area (Å²) < 4.78 is 5.15. The van der Waals surface area contributed by atoms with E-state index in [1.165, 1.54) is 5.56 Å². The van der Waals surface area contributed by atoms with E-state index in [0.29, 0.717) is 6.54 Å². The summed E-state index contributed by atoms with van der Waals surface area (Å²) in [5.41, 5.74) is 8.48. The van der Waals surface area contributed by atoms with Gasteiger partial charge in [-0.1, -0.05) is 35.0 Å². The van der Waals surface area contributed by atoms with Gasteiger partial charge in [0, 0.05) is 18.2 Å². The molecular weight excluding hydrogens is 212 g/mol. The van der Waals surface area contributed by atoms with Crippen molar-refractivity contribution >= 4 is 12.4 Å². The highest BCUT2D eigenvalue weighted by molar-refractivity contribution is 5.85. The zero-order valence-electron chi connectivity index (χ0n) is 8.43. The van der Waals surface area contributed by atoms with Crippen LogP contribution in [-0.4, -0.2) is 5.16 Å². The van der Waals surface area contributed by atoms with Crippen molar-refractivity contribution in [3.05, 3.63) is 41.6 Å². The number of hydrogen-bond acceptors (Lipinski definition) is 3. The van der Waals surface area contributed by atoms with Crippen LogP contribution in [0.25, 0.3) is 11.3 Å². The second-order valence-electron chi connectivity index (χ2n) is 3.25. The maximum absolute atomic E-state index is 5.44. The predicted octanol–water partition coefficient (Wildman–Crippen LogP) is 2.53. The summed E-state index contributed by atoms with van der Waals surface area (Å²) in [6, 6.07) is 9.97. The van der Waals surface area contributed by atoms with Gasteiger partial charge in [0.2, 0.25) is 0 Å². The van der Waals surface area contributed by atoms with Gasteiger partial charge >= 0.3 is 0 Å². The number of hydrogen-bond donors (Lipinski definition) is 1. The Hall–Kier alpha value is -1.32. The fourth-order valence-corrected chi connectivity index (χ4v) is 1.26. The fourth-order valence-electron chi connectivity index (χ4n) is 1.26. The summed E-state index contributed by atoms with van der Waals surface area (Å²) in [6.45, 7) is 2.46. The molecular formula is C11H13ClN2O. The third kappa shape index (κ3) is 2.58. The molecule has 0 amide bonds. The van der Waals surface area contributed by atoms with E-state index in [4.69, 9.17) is 10.3 Å². The average Bonchev–Trinajstić information content (AvgIpc) is 2.67. The van der Waals surface area contributed by atoms with Crippen LogP contribution in [0.4, 0.5) is 0 Å². The molecule has 1 aromatic heterocycles. The van der Waals surface area contributed by atoms with Crippen LogP contribution < -0.4 is 5.73 Å². The standard InChI is InChI=1S/C11H12N2O.ClH/c1-8-2-4-9(5-3-8)11-6-10(7-12)13-14-11;/h2-6H,7,12H2,1H3;1H. The third-order valence-electron chi connectivity index (χ3n) is 2.10. The summed E-state index contributed by atoms with van der Waals surface area (Å²) in [5.74, 6) is 0.769. The molecule has 2 aromatic rings. The van der Waals surface area contributed by atoms with Gasteiger partial charge in [0.15, 0.2) is 5.76 Å². The van der Waals surface area contributed by atoms with Crippen LogP contribution in [0.15, 0.2) is 34.9 Å². The molecule has 0 radical (unpaired) electrons. The SMILES string of the molecule is Cc1ccc(-c2cc(CN)no2)cc1.Cl. The van der Waals surface area contributed by atoms with E-state index in [1.54, 1.807) is 0 Å². The Bertz CT molecular complexity index is 422. The number of nitrogens with two attached hydrogens (primary N) is 1. The lowest BCUT2D eigenvalue weighted by Gasteiger charge is -1.95. The van der Waals surface area contributed by atoms with Crippen molar-refractivity contribution in [3.63, 3.8) is 0 Å². The molecule has 1 aromatic carbocycles. The maximum atomic E-state index is 5.44. The fraction of sp³-hybridized carbons (Fsp3) is 0.182. The van der Waals surface area contributed by atoms with Crippen LogP contribution in [-0.2, 0) is 6.54 Å². The van der Waals surface area contributed by atoms with E-state index in [1.807, 2.05) is 30.3 Å². The van der Waals surface area contributed by atoms with Crippen molar-refractivity contribution in [2.45, 2.75) is 13.5 Å². The molecule has 0 bridgehead atoms. The van der Waals surface area contributed by atoms with Gasteiger partial charge in [0.25, 0.3) is 0 Å². The minimum Gasteiger partial charge on any atom is -0.356 e. The van der Waals surface area contributed by atoms with Crippen LogP contribution in [0.5, 0.6) is 0 Å². The molecule has 0 aliphatic carbocycles. The van der Waals surface area contributed by atoms with Crippen molar-refractivity contribution in [2.24, 2.45) is 5.73 Å². The Kier molecular flexibility index (Phi) is 3.88. The van der Waals surface area contributed by atoms with Gasteiger partial charge < -0.3 is 10.3 Å². The van der Waals surface area contributed by atoms with Gasteiger partial charge in [-0.25, -0.2) is 0 Å². The van der Waals surface area contributed by atoms with Crippen molar-refractivity contribution in [1.29, 1.82) is 0 Å². The molecule has 0 saturated carbocycles. The Labute approximate surface area is 94.7 Å². The molecule has 3 nitrogen and oxygen atoms in total. The van der Waals surface area contributed by atoms with E-state index < -0.39 is 0 Å². The molecule has 4 heteroatoms. The quantitative estimate of drug-likeness (QED) is 0.853. The molecule has 0 saturated heterocycles. The zero-order valence-corrected chi connectivity index (χ0v) is 9.25. The number of benzene rings is 1. The lowest BCUT2D eigenvalue weighted by Crippen LogP contribution is -1.94. The van der Waals surface area contributed by atoms with Gasteiger partial charge in [-0.05, 0) is 6.92 Å². The molecule has 0 unspecified atom stereocenters. The van der Waals surface area contributed by atoms with E-state index in [-0.39, 0.29) is 12.4 Å². The normalized spacial score (nSPS) is 9.73. The second kappa shape index (κ2) is 4.96. The lowest BCUT2D eigenvalue weighted by atomic mass is 10.1. The molecule has 0 aliphatic heterocycles. The first kappa shape index (κ1) is 11.8. The summed E-state index contributed by atoms with van der Waals surface area (Å²) in [6.07, 6.45) is 0. The molecule has 0 fully saturated rings. The average molecular weight is 225 g/mol. The second-order valence-corrected chi connectivity index (χ2v) is 3.25. The minimum atomic E-state index is 0. The first-order valence-electron chi connectivity index (χ1n) is 4.52. The number of nitrogens with zero attached hydrogens (tertiary/aromatic N) is 1. The van der Waals surface area contributed by atoms with Crippen LogP contribution >= 0.6 is 12.4 Å². The molecule has 80 valence electrons. The lowest BCUT2D eigenvalue weighted by molar-refractivity contribution is 0.424. The van der Waals surface area contributed by atoms with Gasteiger partial charge in [-0.2, -0.15) is 0 Å². The Morgan fingerprint density at radius 1 is 1.27 bits per heavy atom. The summed E-state index contributed by atoms with van der Waals surface area (Å²) in [7, 11) is 0. The largest absolute Gasteiger partial charge is 0.356 e. The highest BCUT2D eigenvalue weighted by atomic mass is 35.5. The number of aromatic nitrogens is 1. The molecule has 0 aliphatic rings. The summed E-state index contributed by atoms with van der Waals surface area (Å²) in [4.78, 5) is 0. The topological polar surface area (TPSA) is 52.0 Å². The van der Waals surface area contributed by atoms with Crippen molar-refractivity contribution in [1.82, 2.24) is 5.16 Å². The first-order chi connectivity index (χ1) is 6.79. The smallest absolute Gasteiger partial charge is 0.167 e. The van der Waals surface area contributed by atoms with Crippen molar-refractivity contribution < 1.29 is 4.52 Å². The highest BCUT2D eigenvalue weighted by Gasteiger charge is 2.04. The minimum absolute atomic E-state index is 0. The molecule has 2 N–H and O–H groups in total. The molecule has 0 atom stereocenters. The number of rotatable bonds is 2. The van der Waals surface area contributed by atoms with E-state index in [0.717, 1.165) is 17.0 Å². The zero-order chi connectivity index (χ0) is 9.97. The highest BCUT2D eigenvalue weighted by Crippen LogP contribution is 2.20. The molecule has 2 rings (SSSR count). The Balaban J connectivity index is 0.00000112. The number of halogens is 1. The van der Waals surface area contributed by atoms with Crippen LogP contribution in [0, 0.1) is 6.92 Å². The first-order valence-corrected chi connectivity index (χ1v) is 4.52. The van der Waals surface area contributed by atoms with E-state index in [9.17, 15) is 0 Å². The number of aryl methyl sites for hydroxylation is 1. The van der Waals surface area contributed by atoms with Gasteiger partial charge in [0.1, 0.15) is 0 Å². The molecule has 1 heterocycles. The van der Waals surface area contributed by atoms with Gasteiger partial charge in [0.05, 0.1) is 5.69 Å². The Morgan fingerprint density at radius 3 is 2.47 bits per heavy atom. The van der Waals surface area contributed by atoms with E-state index in [2.05, 4.69) is 12.1 Å². The van der Waals surface area contributed by atoms with Crippen LogP contribution in [0.2, 0.25) is 0 Å².